The Labute approximate surface area is 225 Å². The number of nitrogens with one attached hydrogen (secondary N) is 2. The van der Waals surface area contributed by atoms with Crippen molar-refractivity contribution in [1.82, 2.24) is 15.5 Å². The van der Waals surface area contributed by atoms with Crippen molar-refractivity contribution in [3.05, 3.63) is 35.4 Å². The fourth-order valence-corrected chi connectivity index (χ4v) is 5.22. The lowest BCUT2D eigenvalue weighted by Gasteiger charge is -2.37. The van der Waals surface area contributed by atoms with Crippen LogP contribution in [0, 0.1) is 17.8 Å². The van der Waals surface area contributed by atoms with Crippen LogP contribution in [0.1, 0.15) is 77.8 Å². The van der Waals surface area contributed by atoms with Gasteiger partial charge in [-0.1, -0.05) is 38.1 Å². The Morgan fingerprint density at radius 2 is 1.68 bits per heavy atom. The molecular formula is C29H43N3O6. The van der Waals surface area contributed by atoms with Gasteiger partial charge in [-0.15, -0.1) is 0 Å². The fraction of sp³-hybridized carbons (Fsp3) is 0.655. The number of benzene rings is 1. The minimum atomic E-state index is -0.798. The van der Waals surface area contributed by atoms with Gasteiger partial charge in [0, 0.05) is 13.0 Å². The lowest BCUT2D eigenvalue weighted by atomic mass is 9.82. The Morgan fingerprint density at radius 3 is 2.26 bits per heavy atom. The van der Waals surface area contributed by atoms with E-state index in [1.807, 2.05) is 38.1 Å². The minimum absolute atomic E-state index is 0.158. The number of amides is 3. The van der Waals surface area contributed by atoms with Crippen molar-refractivity contribution in [2.24, 2.45) is 17.8 Å². The number of carbonyl (C=O) groups is 4. The number of fused-ring (bicyclic) bond motifs is 1. The Kier molecular flexibility index (Phi) is 9.79. The average molecular weight is 530 g/mol. The van der Waals surface area contributed by atoms with E-state index in [9.17, 15) is 24.3 Å². The van der Waals surface area contributed by atoms with Crippen molar-refractivity contribution < 1.29 is 29.0 Å². The van der Waals surface area contributed by atoms with Crippen molar-refractivity contribution in [3.63, 3.8) is 0 Å². The molecule has 210 valence electrons. The summed E-state index contributed by atoms with van der Waals surface area (Å²) in [6.45, 7) is 10.0. The van der Waals surface area contributed by atoms with E-state index < -0.39 is 29.7 Å². The zero-order chi connectivity index (χ0) is 28.0. The van der Waals surface area contributed by atoms with Gasteiger partial charge in [-0.05, 0) is 75.8 Å². The van der Waals surface area contributed by atoms with Crippen LogP contribution in [0.15, 0.2) is 24.3 Å². The van der Waals surface area contributed by atoms with Gasteiger partial charge < -0.3 is 20.5 Å². The zero-order valence-electron chi connectivity index (χ0n) is 23.3. The standard InChI is InChI=1S/C29H43N3O6/c1-18(2)14-23(25(33)30-16-19-10-12-20(13-11-19)27(35)36)31-26(34)24-15-21-8-6-7-9-22(21)17-32(24)28(37)38-29(3,4)5/h6-9,18-20,23-24H,10-17H2,1-5H3,(H,30,33)(H,31,34)(H,35,36)/t19?,20?,23-,24-/m0/s1. The molecule has 1 heterocycles. The molecule has 1 aromatic carbocycles. The monoisotopic (exact) mass is 529 g/mol. The van der Waals surface area contributed by atoms with Crippen LogP contribution < -0.4 is 10.6 Å². The number of ether oxygens (including phenoxy) is 1. The smallest absolute Gasteiger partial charge is 0.411 e. The molecule has 9 heteroatoms. The van der Waals surface area contributed by atoms with Gasteiger partial charge >= 0.3 is 12.1 Å². The van der Waals surface area contributed by atoms with E-state index in [2.05, 4.69) is 10.6 Å². The summed E-state index contributed by atoms with van der Waals surface area (Å²) < 4.78 is 5.61. The van der Waals surface area contributed by atoms with Crippen LogP contribution in [0.25, 0.3) is 0 Å². The second-order valence-corrected chi connectivity index (χ2v) is 12.1. The molecule has 1 saturated carbocycles. The summed E-state index contributed by atoms with van der Waals surface area (Å²) >= 11 is 0. The quantitative estimate of drug-likeness (QED) is 0.469. The maximum absolute atomic E-state index is 13.6. The third-order valence-electron chi connectivity index (χ3n) is 7.28. The van der Waals surface area contributed by atoms with Crippen LogP contribution >= 0.6 is 0 Å². The summed E-state index contributed by atoms with van der Waals surface area (Å²) in [5, 5.41) is 15.1. The Hall–Kier alpha value is -3.10. The largest absolute Gasteiger partial charge is 0.481 e. The highest BCUT2D eigenvalue weighted by molar-refractivity contribution is 5.91. The van der Waals surface area contributed by atoms with Crippen molar-refractivity contribution >= 4 is 23.9 Å². The average Bonchev–Trinajstić information content (AvgIpc) is 2.85. The first-order chi connectivity index (χ1) is 17.8. The van der Waals surface area contributed by atoms with Gasteiger partial charge in [0.1, 0.15) is 17.7 Å². The summed E-state index contributed by atoms with van der Waals surface area (Å²) in [6, 6.07) is 6.18. The summed E-state index contributed by atoms with van der Waals surface area (Å²) in [5.74, 6) is -1.31. The molecule has 0 spiro atoms. The highest BCUT2D eigenvalue weighted by Gasteiger charge is 2.38. The fourth-order valence-electron chi connectivity index (χ4n) is 5.22. The van der Waals surface area contributed by atoms with E-state index in [0.29, 0.717) is 32.2 Å². The number of nitrogens with zero attached hydrogens (tertiary/aromatic N) is 1. The molecule has 2 aliphatic rings. The molecule has 1 fully saturated rings. The number of carboxylic acid groups (broad SMARTS) is 1. The van der Waals surface area contributed by atoms with Gasteiger partial charge in [0.15, 0.2) is 0 Å². The molecule has 1 aromatic rings. The molecule has 1 aliphatic heterocycles. The van der Waals surface area contributed by atoms with Crippen LogP contribution in [0.4, 0.5) is 4.79 Å². The van der Waals surface area contributed by atoms with Gasteiger partial charge in [0.05, 0.1) is 12.5 Å². The predicted molar refractivity (Wildman–Crippen MR) is 143 cm³/mol. The molecule has 3 rings (SSSR count). The first kappa shape index (κ1) is 29.5. The molecule has 3 amide bonds. The molecule has 38 heavy (non-hydrogen) atoms. The summed E-state index contributed by atoms with van der Waals surface area (Å²) in [6.07, 6.45) is 2.98. The number of aliphatic carboxylic acids is 1. The molecular weight excluding hydrogens is 486 g/mol. The molecule has 0 unspecified atom stereocenters. The van der Waals surface area contributed by atoms with Crippen molar-refractivity contribution in [3.8, 4) is 0 Å². The lowest BCUT2D eigenvalue weighted by molar-refractivity contribution is -0.143. The first-order valence-corrected chi connectivity index (χ1v) is 13.7. The summed E-state index contributed by atoms with van der Waals surface area (Å²) in [5.41, 5.74) is 1.25. The molecule has 3 N–H and O–H groups in total. The van der Waals surface area contributed by atoms with Gasteiger partial charge in [0.25, 0.3) is 0 Å². The topological polar surface area (TPSA) is 125 Å². The maximum atomic E-state index is 13.6. The normalized spacial score (nSPS) is 22.3. The molecule has 0 bridgehead atoms. The van der Waals surface area contributed by atoms with Gasteiger partial charge in [-0.3, -0.25) is 19.3 Å². The van der Waals surface area contributed by atoms with E-state index >= 15 is 0 Å². The van der Waals surface area contributed by atoms with Gasteiger partial charge in [0.2, 0.25) is 11.8 Å². The third kappa shape index (κ3) is 8.20. The van der Waals surface area contributed by atoms with E-state index in [1.165, 1.54) is 4.90 Å². The van der Waals surface area contributed by atoms with Crippen molar-refractivity contribution in [2.75, 3.05) is 6.54 Å². The molecule has 0 saturated heterocycles. The van der Waals surface area contributed by atoms with Crippen molar-refractivity contribution in [1.29, 1.82) is 0 Å². The number of hydrogen-bond donors (Lipinski definition) is 3. The lowest BCUT2D eigenvalue weighted by Crippen LogP contribution is -2.57. The number of carbonyl (C=O) groups excluding carboxylic acids is 3. The highest BCUT2D eigenvalue weighted by Crippen LogP contribution is 2.29. The number of rotatable bonds is 8. The molecule has 2 atom stereocenters. The van der Waals surface area contributed by atoms with Crippen LogP contribution in [-0.2, 0) is 32.1 Å². The highest BCUT2D eigenvalue weighted by atomic mass is 16.6. The summed E-state index contributed by atoms with van der Waals surface area (Å²) in [7, 11) is 0. The number of hydrogen-bond acceptors (Lipinski definition) is 5. The molecule has 9 nitrogen and oxygen atoms in total. The van der Waals surface area contributed by atoms with Gasteiger partial charge in [-0.25, -0.2) is 4.79 Å². The third-order valence-corrected chi connectivity index (χ3v) is 7.28. The molecule has 1 aliphatic carbocycles. The second-order valence-electron chi connectivity index (χ2n) is 12.1. The van der Waals surface area contributed by atoms with Crippen LogP contribution in [-0.4, -0.2) is 58.1 Å². The maximum Gasteiger partial charge on any atom is 0.411 e. The Morgan fingerprint density at radius 1 is 1.05 bits per heavy atom. The van der Waals surface area contributed by atoms with Gasteiger partial charge in [-0.2, -0.15) is 0 Å². The summed E-state index contributed by atoms with van der Waals surface area (Å²) in [4.78, 5) is 52.5. The molecule has 0 aromatic heterocycles. The van der Waals surface area contributed by atoms with Crippen LogP contribution in [0.5, 0.6) is 0 Å². The van der Waals surface area contributed by atoms with E-state index in [-0.39, 0.29) is 36.1 Å². The van der Waals surface area contributed by atoms with Crippen molar-refractivity contribution in [2.45, 2.75) is 97.4 Å². The Balaban J connectivity index is 1.69. The number of carboxylic acids is 1. The van der Waals surface area contributed by atoms with E-state index in [4.69, 9.17) is 4.74 Å². The Bertz CT molecular complexity index is 1010. The second kappa shape index (κ2) is 12.6. The van der Waals surface area contributed by atoms with E-state index in [0.717, 1.165) is 24.0 Å². The minimum Gasteiger partial charge on any atom is -0.481 e. The van der Waals surface area contributed by atoms with E-state index in [1.54, 1.807) is 20.8 Å². The first-order valence-electron chi connectivity index (χ1n) is 13.7. The SMILES string of the molecule is CC(C)C[C@H](NC(=O)[C@@H]1Cc2ccccc2CN1C(=O)OC(C)(C)C)C(=O)NCC1CCC(C(=O)O)CC1. The predicted octanol–water partition coefficient (Wildman–Crippen LogP) is 3.89. The van der Waals surface area contributed by atoms with Crippen LogP contribution in [0.2, 0.25) is 0 Å². The molecule has 0 radical (unpaired) electrons. The van der Waals surface area contributed by atoms with Crippen LogP contribution in [0.3, 0.4) is 0 Å². The zero-order valence-corrected chi connectivity index (χ0v) is 23.3.